The Hall–Kier alpha value is -0.860. The Morgan fingerprint density at radius 2 is 1.85 bits per heavy atom. The van der Waals surface area contributed by atoms with Gasteiger partial charge in [-0.2, -0.15) is 0 Å². The molecule has 1 rings (SSSR count). The fraction of sp³-hybridized carbons (Fsp3) is 0.650. The first-order chi connectivity index (χ1) is 12.1. The summed E-state index contributed by atoms with van der Waals surface area (Å²) in [4.78, 5) is 7.01. The highest BCUT2D eigenvalue weighted by Crippen LogP contribution is 2.14. The van der Waals surface area contributed by atoms with E-state index in [0.717, 1.165) is 37.6 Å². The molecular formula is C20H37IN4O. The third kappa shape index (κ3) is 10.3. The van der Waals surface area contributed by atoms with Gasteiger partial charge in [0.05, 0.1) is 13.2 Å². The number of aliphatic hydroxyl groups is 1. The van der Waals surface area contributed by atoms with Crippen molar-refractivity contribution in [2.24, 2.45) is 4.99 Å². The van der Waals surface area contributed by atoms with E-state index in [-0.39, 0.29) is 36.5 Å². The number of hydrogen-bond donors (Lipinski definition) is 3. The fourth-order valence-corrected chi connectivity index (χ4v) is 2.49. The first kappa shape index (κ1) is 25.1. The minimum atomic E-state index is 0. The van der Waals surface area contributed by atoms with Gasteiger partial charge in [-0.25, -0.2) is 0 Å². The number of aliphatic imine (C=N–C) groups is 1. The molecule has 1 atom stereocenters. The molecular weight excluding hydrogens is 439 g/mol. The van der Waals surface area contributed by atoms with Gasteiger partial charge in [0.1, 0.15) is 0 Å². The smallest absolute Gasteiger partial charge is 0.191 e. The summed E-state index contributed by atoms with van der Waals surface area (Å²) in [7, 11) is 2.17. The quantitative estimate of drug-likeness (QED) is 0.199. The fourth-order valence-electron chi connectivity index (χ4n) is 2.49. The monoisotopic (exact) mass is 476 g/mol. The van der Waals surface area contributed by atoms with E-state index in [1.165, 1.54) is 6.42 Å². The van der Waals surface area contributed by atoms with Gasteiger partial charge in [-0.05, 0) is 52.8 Å². The van der Waals surface area contributed by atoms with E-state index in [4.69, 9.17) is 0 Å². The second-order valence-corrected chi connectivity index (χ2v) is 6.72. The van der Waals surface area contributed by atoms with Crippen LogP contribution in [0.4, 0.5) is 0 Å². The molecule has 0 saturated heterocycles. The normalized spacial score (nSPS) is 12.8. The number of nitrogens with zero attached hydrogens (tertiary/aromatic N) is 2. The first-order valence-corrected chi connectivity index (χ1v) is 9.46. The van der Waals surface area contributed by atoms with Gasteiger partial charge >= 0.3 is 0 Å². The van der Waals surface area contributed by atoms with Crippen LogP contribution in [-0.2, 0) is 0 Å². The molecule has 0 radical (unpaired) electrons. The lowest BCUT2D eigenvalue weighted by Gasteiger charge is -2.20. The molecule has 0 aliphatic rings. The minimum Gasteiger partial charge on any atom is -0.396 e. The van der Waals surface area contributed by atoms with Crippen molar-refractivity contribution in [2.45, 2.75) is 45.6 Å². The van der Waals surface area contributed by atoms with E-state index in [0.29, 0.717) is 12.6 Å². The Kier molecular flexibility index (Phi) is 14.7. The van der Waals surface area contributed by atoms with Crippen molar-refractivity contribution in [1.29, 1.82) is 0 Å². The van der Waals surface area contributed by atoms with Gasteiger partial charge < -0.3 is 20.6 Å². The van der Waals surface area contributed by atoms with Crippen molar-refractivity contribution in [3.05, 3.63) is 35.9 Å². The highest BCUT2D eigenvalue weighted by atomic mass is 127. The summed E-state index contributed by atoms with van der Waals surface area (Å²) in [6.07, 6.45) is 2.29. The van der Waals surface area contributed by atoms with Crippen LogP contribution in [-0.4, -0.2) is 61.8 Å². The number of aliphatic hydroxyl groups excluding tert-OH is 1. The maximum absolute atomic E-state index is 9.65. The molecule has 3 N–H and O–H groups in total. The zero-order valence-corrected chi connectivity index (χ0v) is 19.1. The lowest BCUT2D eigenvalue weighted by atomic mass is 10.0. The maximum atomic E-state index is 9.65. The van der Waals surface area contributed by atoms with Crippen LogP contribution in [0.1, 0.15) is 45.1 Å². The lowest BCUT2D eigenvalue weighted by Crippen LogP contribution is -2.38. The number of unbranched alkanes of at least 4 members (excludes halogenated alkanes) is 1. The van der Waals surface area contributed by atoms with Crippen LogP contribution in [0.3, 0.4) is 0 Å². The molecule has 0 aliphatic heterocycles. The number of hydrogen-bond acceptors (Lipinski definition) is 3. The van der Waals surface area contributed by atoms with E-state index in [9.17, 15) is 5.11 Å². The molecule has 1 aromatic rings. The highest BCUT2D eigenvalue weighted by Gasteiger charge is 2.10. The standard InChI is InChI=1S/C20H36N4O.HI/c1-5-21-20(22-13-9-10-14-24(4)17(2)3)23-15-19(16-25)18-11-7-6-8-12-18;/h6-8,11-12,17,19,25H,5,9-10,13-16H2,1-4H3,(H2,21,22,23);1H. The highest BCUT2D eigenvalue weighted by molar-refractivity contribution is 14.0. The SMILES string of the molecule is CCNC(=NCC(CO)c1ccccc1)NCCCCN(C)C(C)C.I. The van der Waals surface area contributed by atoms with Crippen LogP contribution in [0, 0.1) is 0 Å². The number of halogens is 1. The molecule has 150 valence electrons. The summed E-state index contributed by atoms with van der Waals surface area (Å²) < 4.78 is 0. The Bertz CT molecular complexity index is 482. The Morgan fingerprint density at radius 1 is 1.15 bits per heavy atom. The lowest BCUT2D eigenvalue weighted by molar-refractivity contribution is 0.267. The molecule has 0 amide bonds. The van der Waals surface area contributed by atoms with Crippen LogP contribution < -0.4 is 10.6 Å². The van der Waals surface area contributed by atoms with Crippen molar-refractivity contribution in [3.8, 4) is 0 Å². The van der Waals surface area contributed by atoms with Crippen LogP contribution in [0.15, 0.2) is 35.3 Å². The summed E-state index contributed by atoms with van der Waals surface area (Å²) in [5.41, 5.74) is 1.13. The van der Waals surface area contributed by atoms with E-state index in [2.05, 4.69) is 48.3 Å². The van der Waals surface area contributed by atoms with E-state index >= 15 is 0 Å². The molecule has 1 aromatic carbocycles. The number of nitrogens with one attached hydrogen (secondary N) is 2. The molecule has 0 heterocycles. The summed E-state index contributed by atoms with van der Waals surface area (Å²) in [5.74, 6) is 0.866. The second kappa shape index (κ2) is 15.2. The zero-order valence-electron chi connectivity index (χ0n) is 16.7. The molecule has 1 unspecified atom stereocenters. The van der Waals surface area contributed by atoms with Crippen molar-refractivity contribution in [1.82, 2.24) is 15.5 Å². The van der Waals surface area contributed by atoms with Gasteiger partial charge in [-0.1, -0.05) is 30.3 Å². The van der Waals surface area contributed by atoms with E-state index < -0.39 is 0 Å². The zero-order chi connectivity index (χ0) is 18.5. The molecule has 0 fully saturated rings. The topological polar surface area (TPSA) is 59.9 Å². The molecule has 0 bridgehead atoms. The van der Waals surface area contributed by atoms with Crippen LogP contribution in [0.5, 0.6) is 0 Å². The number of guanidine groups is 1. The molecule has 0 aromatic heterocycles. The van der Waals surface area contributed by atoms with Gasteiger partial charge in [0.25, 0.3) is 0 Å². The van der Waals surface area contributed by atoms with Gasteiger partial charge in [-0.15, -0.1) is 24.0 Å². The molecule has 0 saturated carbocycles. The molecule has 6 heteroatoms. The van der Waals surface area contributed by atoms with Crippen molar-refractivity contribution >= 4 is 29.9 Å². The van der Waals surface area contributed by atoms with Gasteiger partial charge in [0, 0.05) is 25.0 Å². The van der Waals surface area contributed by atoms with Crippen molar-refractivity contribution in [2.75, 3.05) is 39.8 Å². The number of benzene rings is 1. The van der Waals surface area contributed by atoms with Gasteiger partial charge in [-0.3, -0.25) is 4.99 Å². The predicted octanol–water partition coefficient (Wildman–Crippen LogP) is 3.06. The Labute approximate surface area is 176 Å². The van der Waals surface area contributed by atoms with Crippen LogP contribution >= 0.6 is 24.0 Å². The van der Waals surface area contributed by atoms with Gasteiger partial charge in [0.2, 0.25) is 0 Å². The van der Waals surface area contributed by atoms with Gasteiger partial charge in [0.15, 0.2) is 5.96 Å². The second-order valence-electron chi connectivity index (χ2n) is 6.72. The molecule has 26 heavy (non-hydrogen) atoms. The van der Waals surface area contributed by atoms with Crippen molar-refractivity contribution in [3.63, 3.8) is 0 Å². The molecule has 0 aliphatic carbocycles. The summed E-state index contributed by atoms with van der Waals surface area (Å²) >= 11 is 0. The van der Waals surface area contributed by atoms with Crippen molar-refractivity contribution < 1.29 is 5.11 Å². The van der Waals surface area contributed by atoms with E-state index in [1.54, 1.807) is 0 Å². The summed E-state index contributed by atoms with van der Waals surface area (Å²) in [5, 5.41) is 16.3. The summed E-state index contributed by atoms with van der Waals surface area (Å²) in [6, 6.07) is 10.7. The van der Waals surface area contributed by atoms with Crippen LogP contribution in [0.2, 0.25) is 0 Å². The first-order valence-electron chi connectivity index (χ1n) is 9.46. The molecule has 0 spiro atoms. The third-order valence-corrected chi connectivity index (χ3v) is 4.42. The minimum absolute atomic E-state index is 0. The number of rotatable bonds is 11. The average molecular weight is 476 g/mol. The van der Waals surface area contributed by atoms with E-state index in [1.807, 2.05) is 30.3 Å². The Balaban J connectivity index is 0.00000625. The largest absolute Gasteiger partial charge is 0.396 e. The average Bonchev–Trinajstić information content (AvgIpc) is 2.62. The summed E-state index contributed by atoms with van der Waals surface area (Å²) in [6.45, 7) is 10.0. The Morgan fingerprint density at radius 3 is 2.42 bits per heavy atom. The molecule has 5 nitrogen and oxygen atoms in total. The third-order valence-electron chi connectivity index (χ3n) is 4.42. The predicted molar refractivity (Wildman–Crippen MR) is 123 cm³/mol. The van der Waals surface area contributed by atoms with Crippen LogP contribution in [0.25, 0.3) is 0 Å². The maximum Gasteiger partial charge on any atom is 0.191 e.